The van der Waals surface area contributed by atoms with Crippen LogP contribution in [0.25, 0.3) is 0 Å². The van der Waals surface area contributed by atoms with Crippen molar-refractivity contribution in [2.24, 2.45) is 0 Å². The van der Waals surface area contributed by atoms with Gasteiger partial charge in [-0.15, -0.1) is 0 Å². The molecule has 2 rings (SSSR count). The molecule has 0 aliphatic rings. The summed E-state index contributed by atoms with van der Waals surface area (Å²) in [5.74, 6) is -0.810. The van der Waals surface area contributed by atoms with E-state index < -0.39 is 22.5 Å². The van der Waals surface area contributed by atoms with Gasteiger partial charge in [0.15, 0.2) is 11.1 Å². The molecule has 0 fully saturated rings. The van der Waals surface area contributed by atoms with Crippen molar-refractivity contribution in [3.8, 4) is 0 Å². The van der Waals surface area contributed by atoms with E-state index in [-0.39, 0.29) is 29.3 Å². The molecule has 6 nitrogen and oxygen atoms in total. The molecule has 0 amide bonds. The topological polar surface area (TPSA) is 77.4 Å². The highest BCUT2D eigenvalue weighted by Crippen LogP contribution is 2.10. The SMILES string of the molecule is CC(=O)Cn1cccc(NOS(=O)Cc2ccccc2F)c1=O. The summed E-state index contributed by atoms with van der Waals surface area (Å²) in [7, 11) is 0. The normalized spacial score (nSPS) is 11.9. The summed E-state index contributed by atoms with van der Waals surface area (Å²) in [6, 6.07) is 8.90. The number of hydrogen-bond donors (Lipinski definition) is 1. The van der Waals surface area contributed by atoms with Gasteiger partial charge in [-0.05, 0) is 25.1 Å². The van der Waals surface area contributed by atoms with Gasteiger partial charge in [-0.2, -0.15) is 4.28 Å². The minimum absolute atomic E-state index is 0.0376. The summed E-state index contributed by atoms with van der Waals surface area (Å²) < 4.78 is 31.4. The summed E-state index contributed by atoms with van der Waals surface area (Å²) >= 11 is -1.87. The fourth-order valence-corrected chi connectivity index (χ4v) is 2.57. The number of anilines is 1. The number of aromatic nitrogens is 1. The van der Waals surface area contributed by atoms with Crippen molar-refractivity contribution in [3.63, 3.8) is 0 Å². The van der Waals surface area contributed by atoms with Crippen LogP contribution in [0.15, 0.2) is 47.4 Å². The second-order valence-corrected chi connectivity index (χ2v) is 5.84. The van der Waals surface area contributed by atoms with Gasteiger partial charge in [-0.1, -0.05) is 18.2 Å². The third-order valence-electron chi connectivity index (χ3n) is 2.89. The highest BCUT2D eigenvalue weighted by atomic mass is 32.2. The van der Waals surface area contributed by atoms with Crippen molar-refractivity contribution in [2.45, 2.75) is 19.2 Å². The molecule has 0 saturated heterocycles. The van der Waals surface area contributed by atoms with E-state index in [1.54, 1.807) is 12.1 Å². The summed E-state index contributed by atoms with van der Waals surface area (Å²) in [4.78, 5) is 23.1. The standard InChI is InChI=1S/C15H15FN2O4S/c1-11(19)9-18-8-4-7-14(15(18)20)17-22-23(21)10-12-5-2-3-6-13(12)16/h2-8,17H,9-10H2,1H3. The van der Waals surface area contributed by atoms with Crippen LogP contribution in [0.4, 0.5) is 10.1 Å². The van der Waals surface area contributed by atoms with Crippen molar-refractivity contribution in [1.82, 2.24) is 4.57 Å². The zero-order chi connectivity index (χ0) is 16.8. The lowest BCUT2D eigenvalue weighted by molar-refractivity contribution is -0.117. The van der Waals surface area contributed by atoms with Crippen LogP contribution in [-0.4, -0.2) is 14.6 Å². The van der Waals surface area contributed by atoms with Gasteiger partial charge >= 0.3 is 0 Å². The number of rotatable bonds is 7. The molecule has 2 aromatic rings. The van der Waals surface area contributed by atoms with Gasteiger partial charge in [-0.3, -0.25) is 9.59 Å². The van der Waals surface area contributed by atoms with Crippen LogP contribution in [0.5, 0.6) is 0 Å². The molecule has 23 heavy (non-hydrogen) atoms. The van der Waals surface area contributed by atoms with Crippen molar-refractivity contribution in [2.75, 3.05) is 5.48 Å². The van der Waals surface area contributed by atoms with Crippen LogP contribution in [0.3, 0.4) is 0 Å². The largest absolute Gasteiger partial charge is 0.306 e. The number of benzene rings is 1. The Morgan fingerprint density at radius 3 is 2.74 bits per heavy atom. The quantitative estimate of drug-likeness (QED) is 0.779. The lowest BCUT2D eigenvalue weighted by atomic mass is 10.2. The van der Waals surface area contributed by atoms with Gasteiger partial charge in [0, 0.05) is 11.8 Å². The van der Waals surface area contributed by atoms with E-state index in [1.807, 2.05) is 0 Å². The zero-order valence-corrected chi connectivity index (χ0v) is 13.1. The van der Waals surface area contributed by atoms with E-state index in [0.717, 1.165) is 0 Å². The van der Waals surface area contributed by atoms with Crippen molar-refractivity contribution >= 4 is 22.6 Å². The second-order valence-electron chi connectivity index (χ2n) is 4.78. The van der Waals surface area contributed by atoms with Crippen LogP contribution in [0.2, 0.25) is 0 Å². The smallest absolute Gasteiger partial charge is 0.276 e. The van der Waals surface area contributed by atoms with Gasteiger partial charge in [-0.25, -0.2) is 14.1 Å². The molecular formula is C15H15FN2O4S. The highest BCUT2D eigenvalue weighted by molar-refractivity contribution is 7.79. The molecule has 0 bridgehead atoms. The molecule has 1 atom stereocenters. The van der Waals surface area contributed by atoms with Gasteiger partial charge in [0.05, 0.1) is 12.3 Å². The number of ketones is 1. The number of carbonyl (C=O) groups is 1. The molecular weight excluding hydrogens is 323 g/mol. The Morgan fingerprint density at radius 2 is 2.04 bits per heavy atom. The van der Waals surface area contributed by atoms with E-state index in [4.69, 9.17) is 4.28 Å². The minimum Gasteiger partial charge on any atom is -0.306 e. The first kappa shape index (κ1) is 17.0. The predicted octanol–water partition coefficient (Wildman–Crippen LogP) is 1.78. The fourth-order valence-electron chi connectivity index (χ4n) is 1.84. The van der Waals surface area contributed by atoms with Gasteiger partial charge in [0.25, 0.3) is 5.56 Å². The van der Waals surface area contributed by atoms with Gasteiger partial charge in [0.2, 0.25) is 0 Å². The van der Waals surface area contributed by atoms with E-state index in [1.165, 1.54) is 42.0 Å². The first-order valence-corrected chi connectivity index (χ1v) is 7.96. The molecule has 0 spiro atoms. The first-order valence-electron chi connectivity index (χ1n) is 6.71. The van der Waals surface area contributed by atoms with Crippen LogP contribution in [-0.2, 0) is 32.5 Å². The van der Waals surface area contributed by atoms with E-state index in [2.05, 4.69) is 5.48 Å². The Hall–Kier alpha value is -2.32. The zero-order valence-electron chi connectivity index (χ0n) is 12.3. The molecule has 1 unspecified atom stereocenters. The van der Waals surface area contributed by atoms with Crippen LogP contribution >= 0.6 is 0 Å². The summed E-state index contributed by atoms with van der Waals surface area (Å²) in [6.45, 7) is 1.30. The number of Topliss-reactive ketones (excluding diaryl/α,β-unsaturated/α-hetero) is 1. The lowest BCUT2D eigenvalue weighted by Crippen LogP contribution is -2.25. The third kappa shape index (κ3) is 4.83. The Bertz CT molecular complexity index is 791. The lowest BCUT2D eigenvalue weighted by Gasteiger charge is -2.08. The molecule has 0 aliphatic heterocycles. The maximum Gasteiger partial charge on any atom is 0.276 e. The van der Waals surface area contributed by atoms with Gasteiger partial charge in [0.1, 0.15) is 17.3 Å². The Morgan fingerprint density at radius 1 is 1.30 bits per heavy atom. The van der Waals surface area contributed by atoms with Crippen LogP contribution in [0, 0.1) is 5.82 Å². The van der Waals surface area contributed by atoms with E-state index in [0.29, 0.717) is 0 Å². The van der Waals surface area contributed by atoms with Crippen LogP contribution < -0.4 is 11.0 Å². The van der Waals surface area contributed by atoms with Crippen molar-refractivity contribution in [1.29, 1.82) is 0 Å². The number of nitrogens with zero attached hydrogens (tertiary/aromatic N) is 1. The summed E-state index contributed by atoms with van der Waals surface area (Å²) in [6.07, 6.45) is 1.46. The number of halogens is 1. The number of pyridine rings is 1. The van der Waals surface area contributed by atoms with Crippen LogP contribution in [0.1, 0.15) is 12.5 Å². The highest BCUT2D eigenvalue weighted by Gasteiger charge is 2.09. The number of nitrogens with one attached hydrogen (secondary N) is 1. The Balaban J connectivity index is 2.01. The molecule has 0 aliphatic carbocycles. The summed E-state index contributed by atoms with van der Waals surface area (Å²) in [5, 5.41) is 0. The molecule has 0 radical (unpaired) electrons. The molecule has 1 heterocycles. The van der Waals surface area contributed by atoms with Crippen molar-refractivity contribution < 1.29 is 17.7 Å². The fraction of sp³-hybridized carbons (Fsp3) is 0.200. The summed E-state index contributed by atoms with van der Waals surface area (Å²) in [5.41, 5.74) is 2.10. The molecule has 1 aromatic carbocycles. The van der Waals surface area contributed by atoms with E-state index in [9.17, 15) is 18.2 Å². The maximum atomic E-state index is 13.5. The monoisotopic (exact) mass is 338 g/mol. The third-order valence-corrected chi connectivity index (χ3v) is 3.70. The maximum absolute atomic E-state index is 13.5. The molecule has 8 heteroatoms. The first-order chi connectivity index (χ1) is 11.0. The van der Waals surface area contributed by atoms with Crippen molar-refractivity contribution in [3.05, 3.63) is 64.3 Å². The number of hydrogen-bond acceptors (Lipinski definition) is 5. The van der Waals surface area contributed by atoms with Gasteiger partial charge < -0.3 is 4.57 Å². The minimum atomic E-state index is -1.87. The van der Waals surface area contributed by atoms with E-state index >= 15 is 0 Å². The predicted molar refractivity (Wildman–Crippen MR) is 84.3 cm³/mol. The average Bonchev–Trinajstić information content (AvgIpc) is 2.50. The molecule has 0 saturated carbocycles. The molecule has 122 valence electrons. The average molecular weight is 338 g/mol. The number of carbonyl (C=O) groups excluding carboxylic acids is 1. The Kier molecular flexibility index (Phi) is 5.78. The second kappa shape index (κ2) is 7.80. The molecule has 1 aromatic heterocycles. The molecule has 1 N–H and O–H groups in total. The Labute approximate surface area is 134 Å².